The number of allylic oxidation sites excluding steroid dienone is 14. The summed E-state index contributed by atoms with van der Waals surface area (Å²) in [5.41, 5.74) is 0. The van der Waals surface area contributed by atoms with Crippen LogP contribution in [0.1, 0.15) is 265 Å². The van der Waals surface area contributed by atoms with Crippen LogP contribution in [0.2, 0.25) is 0 Å². The minimum Gasteiger partial charge on any atom is -0.462 e. The van der Waals surface area contributed by atoms with Crippen LogP contribution in [-0.2, 0) is 28.6 Å². The highest BCUT2D eigenvalue weighted by Gasteiger charge is 2.19. The van der Waals surface area contributed by atoms with Gasteiger partial charge in [0.2, 0.25) is 0 Å². The second-order valence-corrected chi connectivity index (χ2v) is 18.5. The van der Waals surface area contributed by atoms with Crippen LogP contribution >= 0.6 is 0 Å². The summed E-state index contributed by atoms with van der Waals surface area (Å²) >= 11 is 0. The van der Waals surface area contributed by atoms with Crippen LogP contribution in [0.3, 0.4) is 0 Å². The topological polar surface area (TPSA) is 78.9 Å². The number of carbonyl (C=O) groups excluding carboxylic acids is 3. The fourth-order valence-electron chi connectivity index (χ4n) is 7.66. The molecule has 0 amide bonds. The largest absolute Gasteiger partial charge is 0.462 e. The molecule has 0 aliphatic rings. The Labute approximate surface area is 414 Å². The van der Waals surface area contributed by atoms with Crippen molar-refractivity contribution >= 4 is 17.9 Å². The van der Waals surface area contributed by atoms with Crippen molar-refractivity contribution in [3.05, 3.63) is 85.1 Å². The van der Waals surface area contributed by atoms with Crippen LogP contribution < -0.4 is 0 Å². The predicted octanol–water partition coefficient (Wildman–Crippen LogP) is 18.8. The third-order valence-electron chi connectivity index (χ3n) is 11.9. The van der Waals surface area contributed by atoms with Crippen molar-refractivity contribution in [3.63, 3.8) is 0 Å². The van der Waals surface area contributed by atoms with Crippen molar-refractivity contribution in [2.24, 2.45) is 0 Å². The van der Waals surface area contributed by atoms with Gasteiger partial charge in [0, 0.05) is 19.3 Å². The van der Waals surface area contributed by atoms with Crippen molar-refractivity contribution in [3.8, 4) is 0 Å². The molecule has 6 heteroatoms. The van der Waals surface area contributed by atoms with Gasteiger partial charge in [0.15, 0.2) is 6.10 Å². The fourth-order valence-corrected chi connectivity index (χ4v) is 7.66. The van der Waals surface area contributed by atoms with E-state index in [0.717, 1.165) is 83.5 Å². The Balaban J connectivity index is 4.43. The van der Waals surface area contributed by atoms with Crippen LogP contribution in [0.25, 0.3) is 0 Å². The van der Waals surface area contributed by atoms with Crippen LogP contribution in [0, 0.1) is 0 Å². The summed E-state index contributed by atoms with van der Waals surface area (Å²) in [7, 11) is 0. The number of esters is 3. The van der Waals surface area contributed by atoms with Crippen molar-refractivity contribution in [2.75, 3.05) is 13.2 Å². The van der Waals surface area contributed by atoms with Crippen molar-refractivity contribution in [1.82, 2.24) is 0 Å². The Morgan fingerprint density at radius 2 is 0.612 bits per heavy atom. The zero-order valence-electron chi connectivity index (χ0n) is 43.9. The van der Waals surface area contributed by atoms with E-state index in [-0.39, 0.29) is 37.5 Å². The normalized spacial score (nSPS) is 12.7. The lowest BCUT2D eigenvalue weighted by Gasteiger charge is -2.18. The van der Waals surface area contributed by atoms with E-state index in [4.69, 9.17) is 14.2 Å². The van der Waals surface area contributed by atoms with E-state index in [1.54, 1.807) is 0 Å². The standard InChI is InChI=1S/C61H104O6/c1-4-7-10-13-16-19-22-25-27-29-30-32-33-36-39-42-45-48-51-54-60(63)66-57-58(56-65-59(62)53-50-47-44-41-38-35-24-21-18-15-12-9-6-3)67-61(64)55-52-49-46-43-40-37-34-31-28-26-23-20-17-14-11-8-5-2/h7,10,16-17,19-20,25-28,35,38,44,47,58H,4-6,8-9,11-15,18,21-24,29-34,36-37,39-43,45-46,48-57H2,1-3H3/b10-7+,19-16+,20-17+,27-25+,28-26+,38-35+,47-44+. The molecular weight excluding hydrogens is 829 g/mol. The van der Waals surface area contributed by atoms with Crippen molar-refractivity contribution < 1.29 is 28.6 Å². The van der Waals surface area contributed by atoms with Gasteiger partial charge in [-0.05, 0) is 103 Å². The third-order valence-corrected chi connectivity index (χ3v) is 11.9. The molecule has 0 spiro atoms. The molecule has 0 aliphatic carbocycles. The number of unbranched alkanes of at least 4 members (excludes halogenated alkanes) is 25. The average molecular weight is 933 g/mol. The van der Waals surface area contributed by atoms with Crippen LogP contribution in [0.5, 0.6) is 0 Å². The van der Waals surface area contributed by atoms with Gasteiger partial charge in [-0.3, -0.25) is 14.4 Å². The molecule has 0 N–H and O–H groups in total. The van der Waals surface area contributed by atoms with E-state index in [1.807, 2.05) is 6.08 Å². The highest BCUT2D eigenvalue weighted by molar-refractivity contribution is 5.71. The lowest BCUT2D eigenvalue weighted by atomic mass is 10.1. The molecule has 0 fully saturated rings. The monoisotopic (exact) mass is 933 g/mol. The van der Waals surface area contributed by atoms with Gasteiger partial charge in [0.25, 0.3) is 0 Å². The lowest BCUT2D eigenvalue weighted by molar-refractivity contribution is -0.166. The Hall–Kier alpha value is -3.41. The van der Waals surface area contributed by atoms with E-state index in [1.165, 1.54) is 135 Å². The first kappa shape index (κ1) is 63.6. The molecule has 0 aromatic rings. The van der Waals surface area contributed by atoms with Gasteiger partial charge in [-0.15, -0.1) is 0 Å². The maximum absolute atomic E-state index is 12.8. The van der Waals surface area contributed by atoms with E-state index >= 15 is 0 Å². The zero-order chi connectivity index (χ0) is 48.6. The molecule has 384 valence electrons. The second kappa shape index (κ2) is 55.2. The fraction of sp³-hybridized carbons (Fsp3) is 0.721. The Morgan fingerprint density at radius 3 is 1.03 bits per heavy atom. The van der Waals surface area contributed by atoms with E-state index in [9.17, 15) is 14.4 Å². The summed E-state index contributed by atoms with van der Waals surface area (Å²) in [6.45, 7) is 6.44. The molecule has 0 aliphatic heterocycles. The highest BCUT2D eigenvalue weighted by Crippen LogP contribution is 2.15. The Bertz CT molecular complexity index is 1300. The maximum Gasteiger partial charge on any atom is 0.306 e. The van der Waals surface area contributed by atoms with Gasteiger partial charge in [-0.1, -0.05) is 228 Å². The van der Waals surface area contributed by atoms with Crippen molar-refractivity contribution in [1.29, 1.82) is 0 Å². The molecule has 1 unspecified atom stereocenters. The van der Waals surface area contributed by atoms with Gasteiger partial charge in [0.1, 0.15) is 13.2 Å². The second-order valence-electron chi connectivity index (χ2n) is 18.5. The average Bonchev–Trinajstić information content (AvgIpc) is 3.33. The van der Waals surface area contributed by atoms with E-state index < -0.39 is 6.10 Å². The van der Waals surface area contributed by atoms with Crippen LogP contribution in [-0.4, -0.2) is 37.2 Å². The van der Waals surface area contributed by atoms with Gasteiger partial charge in [-0.25, -0.2) is 0 Å². The molecule has 0 saturated carbocycles. The molecule has 67 heavy (non-hydrogen) atoms. The molecular formula is C61H104O6. The molecule has 6 nitrogen and oxygen atoms in total. The van der Waals surface area contributed by atoms with E-state index in [0.29, 0.717) is 19.3 Å². The smallest absolute Gasteiger partial charge is 0.306 e. The maximum atomic E-state index is 12.8. The quantitative estimate of drug-likeness (QED) is 0.0262. The number of carbonyl (C=O) groups is 3. The summed E-state index contributed by atoms with van der Waals surface area (Å²) in [5, 5.41) is 0. The predicted molar refractivity (Wildman–Crippen MR) is 288 cm³/mol. The molecule has 0 radical (unpaired) electrons. The minimum atomic E-state index is -0.806. The first-order valence-corrected chi connectivity index (χ1v) is 28.1. The molecule has 0 heterocycles. The number of hydrogen-bond acceptors (Lipinski definition) is 6. The number of hydrogen-bond donors (Lipinski definition) is 0. The van der Waals surface area contributed by atoms with E-state index in [2.05, 4.69) is 99.8 Å². The van der Waals surface area contributed by atoms with Gasteiger partial charge in [0.05, 0.1) is 0 Å². The van der Waals surface area contributed by atoms with Gasteiger partial charge < -0.3 is 14.2 Å². The first-order chi connectivity index (χ1) is 33.0. The first-order valence-electron chi connectivity index (χ1n) is 28.1. The third kappa shape index (κ3) is 53.4. The molecule has 0 aromatic heterocycles. The molecule has 0 saturated heterocycles. The summed E-state index contributed by atoms with van der Waals surface area (Å²) in [5.74, 6) is -0.979. The molecule has 0 rings (SSSR count). The summed E-state index contributed by atoms with van der Waals surface area (Å²) in [6.07, 6.45) is 71.5. The van der Waals surface area contributed by atoms with Crippen LogP contribution in [0.4, 0.5) is 0 Å². The summed E-state index contributed by atoms with van der Waals surface area (Å²) in [6, 6.07) is 0. The zero-order valence-corrected chi connectivity index (χ0v) is 43.9. The summed E-state index contributed by atoms with van der Waals surface area (Å²) < 4.78 is 16.8. The Kier molecular flexibility index (Phi) is 52.4. The minimum absolute atomic E-state index is 0.0997. The van der Waals surface area contributed by atoms with Crippen molar-refractivity contribution in [2.45, 2.75) is 271 Å². The number of rotatable bonds is 50. The molecule has 1 atom stereocenters. The van der Waals surface area contributed by atoms with Gasteiger partial charge in [-0.2, -0.15) is 0 Å². The molecule has 0 bridgehead atoms. The SMILES string of the molecule is CC/C=C/C/C=C/C/C=C/CCCCCCCCCCCC(=O)OCC(COC(=O)CC/C=C/C/C=C/CCCCCCCC)OC(=O)CCCCCCCCC/C=C/C/C=C/CCCCC. The summed E-state index contributed by atoms with van der Waals surface area (Å²) in [4.78, 5) is 38.1. The number of ether oxygens (including phenoxy) is 3. The Morgan fingerprint density at radius 1 is 0.313 bits per heavy atom. The van der Waals surface area contributed by atoms with Gasteiger partial charge >= 0.3 is 17.9 Å². The lowest BCUT2D eigenvalue weighted by Crippen LogP contribution is -2.30. The van der Waals surface area contributed by atoms with Crippen LogP contribution in [0.15, 0.2) is 85.1 Å². The highest BCUT2D eigenvalue weighted by atomic mass is 16.6. The molecule has 0 aromatic carbocycles.